The Morgan fingerprint density at radius 1 is 1.50 bits per heavy atom. The van der Waals surface area contributed by atoms with E-state index in [9.17, 15) is 4.79 Å². The van der Waals surface area contributed by atoms with Gasteiger partial charge in [0.15, 0.2) is 0 Å². The lowest BCUT2D eigenvalue weighted by Crippen LogP contribution is -2.10. The van der Waals surface area contributed by atoms with Gasteiger partial charge in [-0.15, -0.1) is 37.2 Å². The van der Waals surface area contributed by atoms with Gasteiger partial charge < -0.3 is 10.2 Å². The predicted octanol–water partition coefficient (Wildman–Crippen LogP) is 1.81. The van der Waals surface area contributed by atoms with Crippen LogP contribution in [0.1, 0.15) is 17.3 Å². The Balaban J connectivity index is -0.000000563. The van der Waals surface area contributed by atoms with E-state index in [0.717, 1.165) is 0 Å². The second-order valence-corrected chi connectivity index (χ2v) is 2.29. The molecule has 0 aromatic carbocycles. The number of anilines is 1. The highest BCUT2D eigenvalue weighted by Crippen LogP contribution is 2.06. The van der Waals surface area contributed by atoms with E-state index in [1.807, 2.05) is 0 Å². The first-order valence-corrected chi connectivity index (χ1v) is 3.87. The van der Waals surface area contributed by atoms with Crippen LogP contribution in [0, 0.1) is 0 Å². The van der Waals surface area contributed by atoms with E-state index in [-0.39, 0.29) is 43.2 Å². The van der Waals surface area contributed by atoms with Crippen LogP contribution in [0.3, 0.4) is 0 Å². The largest absolute Gasteiger partial charge is 0.462 e. The highest BCUT2D eigenvalue weighted by molar-refractivity contribution is 5.90. The highest BCUT2D eigenvalue weighted by atomic mass is 35.5. The quantitative estimate of drug-likeness (QED) is 0.504. The molecule has 0 spiro atoms. The van der Waals surface area contributed by atoms with Crippen LogP contribution in [0.4, 0.5) is 5.82 Å². The Hall–Kier alpha value is -0.750. The molecule has 0 unspecified atom stereocenters. The van der Waals surface area contributed by atoms with Crippen LogP contribution in [-0.4, -0.2) is 17.6 Å². The van der Waals surface area contributed by atoms with E-state index in [1.54, 1.807) is 13.0 Å². The summed E-state index contributed by atoms with van der Waals surface area (Å²) in [5.41, 5.74) is 2.78. The number of nitrogens with zero attached hydrogens (tertiary/aromatic N) is 1. The third kappa shape index (κ3) is 5.97. The van der Waals surface area contributed by atoms with Gasteiger partial charge >= 0.3 is 5.97 Å². The van der Waals surface area contributed by atoms with E-state index in [1.165, 1.54) is 12.3 Å². The fraction of sp³-hybridized carbons (Fsp3) is 0.250. The summed E-state index contributed by atoms with van der Waals surface area (Å²) in [4.78, 5) is 15.1. The molecule has 0 bridgehead atoms. The van der Waals surface area contributed by atoms with Gasteiger partial charge in [0.25, 0.3) is 0 Å². The van der Waals surface area contributed by atoms with Gasteiger partial charge in [0, 0.05) is 6.20 Å². The van der Waals surface area contributed by atoms with Gasteiger partial charge in [0.2, 0.25) is 0 Å². The molecule has 1 aromatic rings. The zero-order chi connectivity index (χ0) is 9.68. The summed E-state index contributed by atoms with van der Waals surface area (Å²) in [6.45, 7) is 2.10. The van der Waals surface area contributed by atoms with Crippen molar-refractivity contribution in [1.29, 1.82) is 0 Å². The minimum absolute atomic E-state index is 0. The van der Waals surface area contributed by atoms with Crippen LogP contribution in [-0.2, 0) is 4.74 Å². The fourth-order valence-corrected chi connectivity index (χ4v) is 0.851. The maximum absolute atomic E-state index is 11.2. The van der Waals surface area contributed by atoms with Crippen LogP contribution < -0.4 is 11.3 Å². The van der Waals surface area contributed by atoms with Crippen molar-refractivity contribution in [1.82, 2.24) is 4.98 Å². The molecule has 8 heteroatoms. The number of halogens is 3. The smallest absolute Gasteiger partial charge is 0.338 e. The fourth-order valence-electron chi connectivity index (χ4n) is 0.851. The first kappa shape index (κ1) is 20.6. The van der Waals surface area contributed by atoms with Crippen molar-refractivity contribution >= 4 is 49.0 Å². The molecule has 1 aromatic heterocycles. The SMILES string of the molecule is CCOC(=O)c1ccnc(NN)c1.Cl.Cl.Cl. The summed E-state index contributed by atoms with van der Waals surface area (Å²) in [5.74, 6) is 5.19. The summed E-state index contributed by atoms with van der Waals surface area (Å²) >= 11 is 0. The van der Waals surface area contributed by atoms with Crippen molar-refractivity contribution in [2.45, 2.75) is 6.92 Å². The molecule has 3 N–H and O–H groups in total. The Morgan fingerprint density at radius 2 is 2.12 bits per heavy atom. The van der Waals surface area contributed by atoms with Crippen molar-refractivity contribution in [2.24, 2.45) is 5.84 Å². The molecule has 16 heavy (non-hydrogen) atoms. The number of ether oxygens (including phenoxy) is 1. The Labute approximate surface area is 112 Å². The second-order valence-electron chi connectivity index (χ2n) is 2.29. The topological polar surface area (TPSA) is 77.2 Å². The molecule has 5 nitrogen and oxygen atoms in total. The molecule has 1 heterocycles. The summed E-state index contributed by atoms with van der Waals surface area (Å²) in [6, 6.07) is 3.09. The van der Waals surface area contributed by atoms with Crippen LogP contribution in [0.2, 0.25) is 0 Å². The van der Waals surface area contributed by atoms with Gasteiger partial charge in [-0.3, -0.25) is 0 Å². The Bertz CT molecular complexity index is 312. The van der Waals surface area contributed by atoms with Gasteiger partial charge in [0.05, 0.1) is 12.2 Å². The number of nitrogen functional groups attached to an aromatic ring is 1. The lowest BCUT2D eigenvalue weighted by Gasteiger charge is -2.02. The monoisotopic (exact) mass is 289 g/mol. The van der Waals surface area contributed by atoms with Crippen molar-refractivity contribution in [3.05, 3.63) is 23.9 Å². The second kappa shape index (κ2) is 10.8. The highest BCUT2D eigenvalue weighted by Gasteiger charge is 2.06. The first-order chi connectivity index (χ1) is 6.27. The molecule has 0 amide bonds. The molecule has 1 rings (SSSR count). The molecule has 0 radical (unpaired) electrons. The van der Waals surface area contributed by atoms with Crippen LogP contribution in [0.25, 0.3) is 0 Å². The number of rotatable bonds is 3. The average Bonchev–Trinajstić information content (AvgIpc) is 2.18. The van der Waals surface area contributed by atoms with Crippen molar-refractivity contribution in [3.63, 3.8) is 0 Å². The van der Waals surface area contributed by atoms with E-state index >= 15 is 0 Å². The number of nitrogens with two attached hydrogens (primary N) is 1. The zero-order valence-corrected chi connectivity index (χ0v) is 11.0. The normalized spacial score (nSPS) is 7.62. The van der Waals surface area contributed by atoms with Crippen LogP contribution in [0.5, 0.6) is 0 Å². The van der Waals surface area contributed by atoms with Crippen LogP contribution >= 0.6 is 37.2 Å². The molecular formula is C8H14Cl3N3O2. The van der Waals surface area contributed by atoms with Gasteiger partial charge in [-0.1, -0.05) is 0 Å². The average molecular weight is 291 g/mol. The molecular weight excluding hydrogens is 276 g/mol. The number of hydrazine groups is 1. The standard InChI is InChI=1S/C8H11N3O2.3ClH/c1-2-13-8(12)6-3-4-10-7(5-6)11-9;;;/h3-5H,2,9H2,1H3,(H,10,11);3*1H. The molecule has 0 fully saturated rings. The molecule has 0 atom stereocenters. The maximum Gasteiger partial charge on any atom is 0.338 e. The maximum atomic E-state index is 11.2. The number of esters is 1. The summed E-state index contributed by atoms with van der Waals surface area (Å²) in [6.07, 6.45) is 1.49. The van der Waals surface area contributed by atoms with Gasteiger partial charge in [-0.05, 0) is 19.1 Å². The third-order valence-corrected chi connectivity index (χ3v) is 1.42. The zero-order valence-electron chi connectivity index (χ0n) is 8.50. The minimum atomic E-state index is -0.374. The summed E-state index contributed by atoms with van der Waals surface area (Å²) in [7, 11) is 0. The number of pyridine rings is 1. The molecule has 0 aliphatic rings. The molecule has 0 saturated heterocycles. The number of hydrogen-bond acceptors (Lipinski definition) is 5. The van der Waals surface area contributed by atoms with Crippen molar-refractivity contribution < 1.29 is 9.53 Å². The van der Waals surface area contributed by atoms with Crippen LogP contribution in [0.15, 0.2) is 18.3 Å². The summed E-state index contributed by atoms with van der Waals surface area (Å²) < 4.78 is 4.79. The minimum Gasteiger partial charge on any atom is -0.462 e. The van der Waals surface area contributed by atoms with E-state index in [0.29, 0.717) is 18.0 Å². The number of hydrogen-bond donors (Lipinski definition) is 2. The number of aromatic nitrogens is 1. The lowest BCUT2D eigenvalue weighted by molar-refractivity contribution is 0.0526. The van der Waals surface area contributed by atoms with Crippen molar-refractivity contribution in [2.75, 3.05) is 12.0 Å². The van der Waals surface area contributed by atoms with Gasteiger partial charge in [-0.2, -0.15) is 0 Å². The Morgan fingerprint density at radius 3 is 2.62 bits per heavy atom. The molecule has 94 valence electrons. The first-order valence-electron chi connectivity index (χ1n) is 3.87. The number of carbonyl (C=O) groups is 1. The Kier molecular flexibility index (Phi) is 13.9. The summed E-state index contributed by atoms with van der Waals surface area (Å²) in [5, 5.41) is 0. The number of nitrogens with one attached hydrogen (secondary N) is 1. The van der Waals surface area contributed by atoms with E-state index in [2.05, 4.69) is 10.4 Å². The third-order valence-electron chi connectivity index (χ3n) is 1.42. The lowest BCUT2D eigenvalue weighted by atomic mass is 10.2. The molecule has 0 aliphatic heterocycles. The molecule has 0 saturated carbocycles. The van der Waals surface area contributed by atoms with Crippen molar-refractivity contribution in [3.8, 4) is 0 Å². The predicted molar refractivity (Wildman–Crippen MR) is 69.7 cm³/mol. The van der Waals surface area contributed by atoms with E-state index in [4.69, 9.17) is 10.6 Å². The van der Waals surface area contributed by atoms with Gasteiger partial charge in [0.1, 0.15) is 5.82 Å². The van der Waals surface area contributed by atoms with Gasteiger partial charge in [-0.25, -0.2) is 15.6 Å². The number of carbonyl (C=O) groups excluding carboxylic acids is 1. The van der Waals surface area contributed by atoms with E-state index < -0.39 is 0 Å². The molecule has 0 aliphatic carbocycles.